The Bertz CT molecular complexity index is 275. The molecule has 0 N–H and O–H groups in total. The predicted molar refractivity (Wildman–Crippen MR) is 38.0 cm³/mol. The molecule has 0 spiro atoms. The fourth-order valence-electron chi connectivity index (χ4n) is 0.668. The van der Waals surface area contributed by atoms with Crippen LogP contribution in [-0.4, -0.2) is 5.97 Å². The summed E-state index contributed by atoms with van der Waals surface area (Å²) in [7, 11) is 0. The van der Waals surface area contributed by atoms with E-state index in [4.69, 9.17) is 11.6 Å². The molecular formula is C7H4ClFO2. The first-order valence-corrected chi connectivity index (χ1v) is 3.21. The van der Waals surface area contributed by atoms with Gasteiger partial charge in [-0.2, -0.15) is 0 Å². The Morgan fingerprint density at radius 1 is 1.45 bits per heavy atom. The first-order chi connectivity index (χ1) is 5.25. The van der Waals surface area contributed by atoms with Crippen molar-refractivity contribution in [3.8, 4) is 0 Å². The van der Waals surface area contributed by atoms with E-state index in [9.17, 15) is 9.32 Å². The smallest absolute Gasteiger partial charge is 0.249 e. The maximum Gasteiger partial charge on any atom is 0.381 e. The molecule has 0 aliphatic heterocycles. The third kappa shape index (κ3) is 1.68. The third-order valence-electron chi connectivity index (χ3n) is 1.16. The van der Waals surface area contributed by atoms with Crippen LogP contribution in [0.3, 0.4) is 0 Å². The van der Waals surface area contributed by atoms with Crippen molar-refractivity contribution < 1.29 is 14.3 Å². The number of carbonyl (C=O) groups excluding carboxylic acids is 1. The van der Waals surface area contributed by atoms with E-state index in [1.54, 1.807) is 12.1 Å². The van der Waals surface area contributed by atoms with Crippen LogP contribution in [0.5, 0.6) is 0 Å². The van der Waals surface area contributed by atoms with Gasteiger partial charge in [0.1, 0.15) is 0 Å². The van der Waals surface area contributed by atoms with E-state index in [2.05, 4.69) is 4.94 Å². The summed E-state index contributed by atoms with van der Waals surface area (Å²) in [6.45, 7) is 0. The minimum absolute atomic E-state index is 0.0247. The van der Waals surface area contributed by atoms with Crippen LogP contribution >= 0.6 is 11.6 Å². The molecule has 0 heterocycles. The highest BCUT2D eigenvalue weighted by Crippen LogP contribution is 2.15. The highest BCUT2D eigenvalue weighted by Gasteiger charge is 2.10. The van der Waals surface area contributed by atoms with Gasteiger partial charge in [0, 0.05) is 4.53 Å². The van der Waals surface area contributed by atoms with E-state index < -0.39 is 5.97 Å². The second-order valence-corrected chi connectivity index (χ2v) is 2.25. The number of halogens is 2. The normalized spacial score (nSPS) is 9.27. The highest BCUT2D eigenvalue weighted by molar-refractivity contribution is 6.33. The average Bonchev–Trinajstić information content (AvgIpc) is 2.04. The van der Waals surface area contributed by atoms with E-state index >= 15 is 0 Å². The van der Waals surface area contributed by atoms with E-state index in [0.717, 1.165) is 0 Å². The number of benzene rings is 1. The molecule has 0 amide bonds. The third-order valence-corrected chi connectivity index (χ3v) is 1.49. The van der Waals surface area contributed by atoms with E-state index in [1.165, 1.54) is 12.1 Å². The second kappa shape index (κ2) is 3.34. The summed E-state index contributed by atoms with van der Waals surface area (Å²) >= 11 is 5.53. The number of carbonyl (C=O) groups is 1. The Morgan fingerprint density at radius 2 is 2.09 bits per heavy atom. The Labute approximate surface area is 67.4 Å². The number of rotatable bonds is 1. The van der Waals surface area contributed by atoms with Gasteiger partial charge in [-0.3, -0.25) is 0 Å². The van der Waals surface area contributed by atoms with Crippen molar-refractivity contribution in [2.24, 2.45) is 0 Å². The van der Waals surface area contributed by atoms with Gasteiger partial charge in [0.2, 0.25) is 0 Å². The van der Waals surface area contributed by atoms with Crippen molar-refractivity contribution in [1.29, 1.82) is 0 Å². The van der Waals surface area contributed by atoms with Crippen LogP contribution in [0, 0.1) is 0 Å². The molecule has 2 nitrogen and oxygen atoms in total. The molecule has 0 aliphatic carbocycles. The predicted octanol–water partition coefficient (Wildman–Crippen LogP) is 2.38. The van der Waals surface area contributed by atoms with Crippen LogP contribution in [0.15, 0.2) is 24.3 Å². The zero-order valence-electron chi connectivity index (χ0n) is 5.38. The summed E-state index contributed by atoms with van der Waals surface area (Å²) in [4.78, 5) is 13.5. The van der Waals surface area contributed by atoms with Crippen molar-refractivity contribution in [1.82, 2.24) is 0 Å². The maximum atomic E-state index is 11.3. The molecule has 4 heteroatoms. The van der Waals surface area contributed by atoms with Crippen LogP contribution in [0.25, 0.3) is 0 Å². The van der Waals surface area contributed by atoms with Gasteiger partial charge in [0.05, 0.1) is 10.6 Å². The molecule has 0 saturated carbocycles. The lowest BCUT2D eigenvalue weighted by molar-refractivity contribution is -0.0787. The molecule has 0 atom stereocenters. The highest BCUT2D eigenvalue weighted by atomic mass is 35.5. The van der Waals surface area contributed by atoms with E-state index in [1.807, 2.05) is 0 Å². The van der Waals surface area contributed by atoms with E-state index in [0.29, 0.717) is 0 Å². The number of hydrogen-bond acceptors (Lipinski definition) is 2. The maximum absolute atomic E-state index is 11.3. The molecule has 0 bridgehead atoms. The van der Waals surface area contributed by atoms with Crippen LogP contribution in [0.1, 0.15) is 10.4 Å². The standard InChI is InChI=1S/C7H4ClFO2/c8-6-4-2-1-3-5(6)7(10)11-9/h1-4H. The van der Waals surface area contributed by atoms with Crippen molar-refractivity contribution in [3.05, 3.63) is 34.9 Å². The first-order valence-electron chi connectivity index (χ1n) is 2.83. The first kappa shape index (κ1) is 8.01. The molecular weight excluding hydrogens is 171 g/mol. The quantitative estimate of drug-likeness (QED) is 0.654. The van der Waals surface area contributed by atoms with Gasteiger partial charge in [0.25, 0.3) is 0 Å². The molecule has 0 saturated heterocycles. The van der Waals surface area contributed by atoms with Gasteiger partial charge >= 0.3 is 5.97 Å². The van der Waals surface area contributed by atoms with Crippen molar-refractivity contribution in [2.75, 3.05) is 0 Å². The molecule has 0 unspecified atom stereocenters. The van der Waals surface area contributed by atoms with Gasteiger partial charge in [-0.1, -0.05) is 23.7 Å². The fourth-order valence-corrected chi connectivity index (χ4v) is 0.881. The average molecular weight is 175 g/mol. The van der Waals surface area contributed by atoms with Gasteiger partial charge in [-0.15, -0.1) is 0 Å². The largest absolute Gasteiger partial charge is 0.381 e. The van der Waals surface area contributed by atoms with E-state index in [-0.39, 0.29) is 10.6 Å². The summed E-state index contributed by atoms with van der Waals surface area (Å²) in [6.07, 6.45) is 0. The molecule has 0 fully saturated rings. The minimum atomic E-state index is -1.07. The Morgan fingerprint density at radius 3 is 2.64 bits per heavy atom. The lowest BCUT2D eigenvalue weighted by Gasteiger charge is -1.95. The summed E-state index contributed by atoms with van der Waals surface area (Å²) in [5, 5.41) is 0.176. The summed E-state index contributed by atoms with van der Waals surface area (Å²) in [5.41, 5.74) is 0.0247. The summed E-state index contributed by atoms with van der Waals surface area (Å²) in [5.74, 6) is -1.07. The second-order valence-electron chi connectivity index (χ2n) is 1.84. The van der Waals surface area contributed by atoms with Gasteiger partial charge in [-0.25, -0.2) is 9.74 Å². The number of hydrogen-bond donors (Lipinski definition) is 0. The van der Waals surface area contributed by atoms with Crippen LogP contribution < -0.4 is 0 Å². The molecule has 0 aliphatic rings. The lowest BCUT2D eigenvalue weighted by Crippen LogP contribution is -1.98. The zero-order chi connectivity index (χ0) is 8.27. The SMILES string of the molecule is O=C(OF)c1ccccc1Cl. The Kier molecular flexibility index (Phi) is 2.44. The van der Waals surface area contributed by atoms with Crippen molar-refractivity contribution in [2.45, 2.75) is 0 Å². The Hall–Kier alpha value is -1.09. The zero-order valence-corrected chi connectivity index (χ0v) is 6.14. The summed E-state index contributed by atoms with van der Waals surface area (Å²) < 4.78 is 11.3. The van der Waals surface area contributed by atoms with Crippen molar-refractivity contribution in [3.63, 3.8) is 0 Å². The Balaban J connectivity index is 3.03. The van der Waals surface area contributed by atoms with Gasteiger partial charge in [0.15, 0.2) is 0 Å². The molecule has 1 aromatic carbocycles. The van der Waals surface area contributed by atoms with Gasteiger partial charge < -0.3 is 0 Å². The van der Waals surface area contributed by atoms with Crippen LogP contribution in [0.4, 0.5) is 4.53 Å². The summed E-state index contributed by atoms with van der Waals surface area (Å²) in [6, 6.07) is 6.06. The minimum Gasteiger partial charge on any atom is -0.249 e. The molecule has 0 aromatic heterocycles. The fraction of sp³-hybridized carbons (Fsp3) is 0. The van der Waals surface area contributed by atoms with Crippen molar-refractivity contribution >= 4 is 17.6 Å². The monoisotopic (exact) mass is 174 g/mol. The lowest BCUT2D eigenvalue weighted by atomic mass is 10.2. The molecule has 1 rings (SSSR count). The molecule has 0 radical (unpaired) electrons. The van der Waals surface area contributed by atoms with Crippen LogP contribution in [-0.2, 0) is 4.94 Å². The molecule has 11 heavy (non-hydrogen) atoms. The van der Waals surface area contributed by atoms with Crippen LogP contribution in [0.2, 0.25) is 5.02 Å². The van der Waals surface area contributed by atoms with Gasteiger partial charge in [-0.05, 0) is 12.1 Å². The molecule has 1 aromatic rings. The topological polar surface area (TPSA) is 26.3 Å². The molecule has 58 valence electrons.